The highest BCUT2D eigenvalue weighted by Gasteiger charge is 2.38. The van der Waals surface area contributed by atoms with Crippen molar-refractivity contribution in [2.45, 2.75) is 18.6 Å². The van der Waals surface area contributed by atoms with Crippen LogP contribution in [0, 0.1) is 6.92 Å². The first-order chi connectivity index (χ1) is 20.9. The first-order valence-electron chi connectivity index (χ1n) is 14.1. The smallest absolute Gasteiger partial charge is 0.240 e. The summed E-state index contributed by atoms with van der Waals surface area (Å²) in [5.41, 5.74) is 5.29. The van der Waals surface area contributed by atoms with Gasteiger partial charge in [-0.1, -0.05) is 48.5 Å². The number of hydrogen-bond acceptors (Lipinski definition) is 7. The van der Waals surface area contributed by atoms with Crippen molar-refractivity contribution in [2.24, 2.45) is 0 Å². The minimum Gasteiger partial charge on any atom is -0.493 e. The predicted molar refractivity (Wildman–Crippen MR) is 169 cm³/mol. The number of nitrogens with one attached hydrogen (secondary N) is 1. The van der Waals surface area contributed by atoms with E-state index in [4.69, 9.17) is 19.3 Å². The summed E-state index contributed by atoms with van der Waals surface area (Å²) in [4.78, 5) is 28.7. The lowest BCUT2D eigenvalue weighted by Gasteiger charge is -2.23. The number of aryl methyl sites for hydroxylation is 1. The molecule has 1 aliphatic heterocycles. The average molecular weight is 601 g/mol. The van der Waals surface area contributed by atoms with Crippen molar-refractivity contribution in [3.63, 3.8) is 0 Å². The molecule has 1 aliphatic rings. The van der Waals surface area contributed by atoms with Gasteiger partial charge in [-0.05, 0) is 48.7 Å². The lowest BCUT2D eigenvalue weighted by molar-refractivity contribution is -0.122. The first kappa shape index (κ1) is 30.2. The summed E-state index contributed by atoms with van der Waals surface area (Å²) >= 11 is 1.51. The SMILES string of the molecule is COCCCNC(=O)CN1C(=O)CS[C@H](c2ccc(OC)c(OC)c2)c2c(-c3ccccc3)nn(-c3cccc(C)c3)c21. The molecule has 9 nitrogen and oxygen atoms in total. The Balaban J connectivity index is 1.73. The number of rotatable bonds is 11. The summed E-state index contributed by atoms with van der Waals surface area (Å²) in [7, 11) is 4.84. The van der Waals surface area contributed by atoms with Gasteiger partial charge in [-0.3, -0.25) is 14.5 Å². The molecule has 0 aliphatic carbocycles. The fourth-order valence-corrected chi connectivity index (χ4v) is 6.38. The van der Waals surface area contributed by atoms with Gasteiger partial charge in [0.05, 0.1) is 36.6 Å². The number of anilines is 1. The number of aromatic nitrogens is 2. The molecule has 4 aromatic rings. The Morgan fingerprint density at radius 3 is 2.51 bits per heavy atom. The van der Waals surface area contributed by atoms with Crippen molar-refractivity contribution in [1.29, 1.82) is 0 Å². The Morgan fingerprint density at radius 2 is 1.79 bits per heavy atom. The maximum Gasteiger partial charge on any atom is 0.240 e. The summed E-state index contributed by atoms with van der Waals surface area (Å²) in [5, 5.41) is 7.80. The van der Waals surface area contributed by atoms with Gasteiger partial charge in [-0.25, -0.2) is 4.68 Å². The number of methoxy groups -OCH3 is 3. The van der Waals surface area contributed by atoms with Crippen LogP contribution in [0.1, 0.15) is 28.4 Å². The number of amides is 2. The highest BCUT2D eigenvalue weighted by molar-refractivity contribution is 8.00. The van der Waals surface area contributed by atoms with Gasteiger partial charge in [0, 0.05) is 31.4 Å². The fraction of sp³-hybridized carbons (Fsp3) is 0.303. The second kappa shape index (κ2) is 13.8. The molecule has 0 fully saturated rings. The van der Waals surface area contributed by atoms with E-state index < -0.39 is 0 Å². The summed E-state index contributed by atoms with van der Waals surface area (Å²) < 4.78 is 18.1. The second-order valence-electron chi connectivity index (χ2n) is 10.2. The standard InChI is InChI=1S/C33H36N4O5S/c1-22-10-8-13-25(18-22)37-33-30(31(35-37)23-11-6-5-7-12-23)32(24-14-15-26(41-3)27(19-24)42-4)43-21-29(39)36(33)20-28(38)34-16-9-17-40-2/h5-8,10-15,18-19,32H,9,16-17,20-21H2,1-4H3,(H,34,38)/t32-/m1/s1. The van der Waals surface area contributed by atoms with Crippen molar-refractivity contribution in [3.8, 4) is 28.4 Å². The summed E-state index contributed by atoms with van der Waals surface area (Å²) in [5.74, 6) is 1.54. The molecule has 1 N–H and O–H groups in total. The van der Waals surface area contributed by atoms with E-state index in [9.17, 15) is 9.59 Å². The minimum atomic E-state index is -0.290. The molecule has 0 bridgehead atoms. The van der Waals surface area contributed by atoms with E-state index in [2.05, 4.69) is 5.32 Å². The van der Waals surface area contributed by atoms with Crippen LogP contribution in [0.15, 0.2) is 72.8 Å². The topological polar surface area (TPSA) is 94.9 Å². The summed E-state index contributed by atoms with van der Waals surface area (Å²) in [6, 6.07) is 23.7. The van der Waals surface area contributed by atoms with Crippen LogP contribution in [0.25, 0.3) is 16.9 Å². The molecule has 1 atom stereocenters. The van der Waals surface area contributed by atoms with Crippen molar-refractivity contribution in [3.05, 3.63) is 89.5 Å². The van der Waals surface area contributed by atoms with Crippen LogP contribution < -0.4 is 19.7 Å². The largest absolute Gasteiger partial charge is 0.493 e. The molecule has 0 radical (unpaired) electrons. The number of fused-ring (bicyclic) bond motifs is 1. The van der Waals surface area contributed by atoms with Crippen molar-refractivity contribution in [1.82, 2.24) is 15.1 Å². The van der Waals surface area contributed by atoms with Crippen LogP contribution in [0.2, 0.25) is 0 Å². The van der Waals surface area contributed by atoms with Crippen LogP contribution in [0.4, 0.5) is 5.82 Å². The van der Waals surface area contributed by atoms with E-state index in [1.165, 1.54) is 11.8 Å². The molecule has 3 aromatic carbocycles. The normalized spacial score (nSPS) is 14.7. The van der Waals surface area contributed by atoms with Gasteiger partial charge in [0.2, 0.25) is 11.8 Å². The highest BCUT2D eigenvalue weighted by Crippen LogP contribution is 2.49. The van der Waals surface area contributed by atoms with Crippen LogP contribution in [-0.2, 0) is 14.3 Å². The van der Waals surface area contributed by atoms with Gasteiger partial charge in [-0.15, -0.1) is 11.8 Å². The third kappa shape index (κ3) is 6.55. The van der Waals surface area contributed by atoms with Crippen LogP contribution in [0.3, 0.4) is 0 Å². The molecule has 1 aromatic heterocycles. The van der Waals surface area contributed by atoms with Crippen molar-refractivity contribution < 1.29 is 23.8 Å². The number of carbonyl (C=O) groups is 2. The third-order valence-electron chi connectivity index (χ3n) is 7.24. The van der Waals surface area contributed by atoms with E-state index >= 15 is 0 Å². The van der Waals surface area contributed by atoms with E-state index in [-0.39, 0.29) is 29.4 Å². The molecule has 0 spiro atoms. The van der Waals surface area contributed by atoms with Crippen LogP contribution in [-0.4, -0.2) is 68.4 Å². The Labute approximate surface area is 256 Å². The monoisotopic (exact) mass is 600 g/mol. The van der Waals surface area contributed by atoms with E-state index in [1.54, 1.807) is 30.9 Å². The Hall–Kier alpha value is -4.28. The highest BCUT2D eigenvalue weighted by atomic mass is 32.2. The molecular formula is C33H36N4O5S. The molecule has 5 rings (SSSR count). The Bertz CT molecular complexity index is 1590. The molecule has 0 unspecified atom stereocenters. The lowest BCUT2D eigenvalue weighted by atomic mass is 9.99. The van der Waals surface area contributed by atoms with Gasteiger partial charge in [-0.2, -0.15) is 5.10 Å². The summed E-state index contributed by atoms with van der Waals surface area (Å²) in [6.07, 6.45) is 0.679. The van der Waals surface area contributed by atoms with Crippen LogP contribution in [0.5, 0.6) is 11.5 Å². The van der Waals surface area contributed by atoms with E-state index in [0.717, 1.165) is 33.6 Å². The fourth-order valence-electron chi connectivity index (χ4n) is 5.19. The Kier molecular flexibility index (Phi) is 9.68. The zero-order valence-corrected chi connectivity index (χ0v) is 25.6. The number of thioether (sulfide) groups is 1. The molecule has 10 heteroatoms. The van der Waals surface area contributed by atoms with Crippen molar-refractivity contribution >= 4 is 29.4 Å². The van der Waals surface area contributed by atoms with Crippen molar-refractivity contribution in [2.75, 3.05) is 51.7 Å². The zero-order valence-electron chi connectivity index (χ0n) is 24.8. The molecule has 0 saturated heterocycles. The number of ether oxygens (including phenoxy) is 3. The average Bonchev–Trinajstić information content (AvgIpc) is 3.36. The Morgan fingerprint density at radius 1 is 1.00 bits per heavy atom. The van der Waals surface area contributed by atoms with Gasteiger partial charge in [0.25, 0.3) is 0 Å². The molecule has 43 heavy (non-hydrogen) atoms. The maximum absolute atomic E-state index is 13.9. The molecular weight excluding hydrogens is 564 g/mol. The van der Waals surface area contributed by atoms with Gasteiger partial charge in [0.1, 0.15) is 12.4 Å². The van der Waals surface area contributed by atoms with Gasteiger partial charge >= 0.3 is 0 Å². The van der Waals surface area contributed by atoms with E-state index in [0.29, 0.717) is 36.9 Å². The van der Waals surface area contributed by atoms with E-state index in [1.807, 2.05) is 79.7 Å². The zero-order chi connectivity index (χ0) is 30.3. The van der Waals surface area contributed by atoms with Crippen LogP contribution >= 0.6 is 11.8 Å². The third-order valence-corrected chi connectivity index (χ3v) is 8.50. The number of benzene rings is 3. The second-order valence-corrected chi connectivity index (χ2v) is 11.3. The van der Waals surface area contributed by atoms with Gasteiger partial charge in [0.15, 0.2) is 11.5 Å². The molecule has 2 heterocycles. The number of hydrogen-bond donors (Lipinski definition) is 1. The molecule has 224 valence electrons. The summed E-state index contributed by atoms with van der Waals surface area (Å²) in [6.45, 7) is 2.88. The predicted octanol–water partition coefficient (Wildman–Crippen LogP) is 5.19. The maximum atomic E-state index is 13.9. The molecule has 0 saturated carbocycles. The number of carbonyl (C=O) groups excluding carboxylic acids is 2. The lowest BCUT2D eigenvalue weighted by Crippen LogP contribution is -2.42. The first-order valence-corrected chi connectivity index (χ1v) is 15.1. The number of nitrogens with zero attached hydrogens (tertiary/aromatic N) is 3. The quantitative estimate of drug-likeness (QED) is 0.237. The molecule has 2 amide bonds. The minimum absolute atomic E-state index is 0.135. The van der Waals surface area contributed by atoms with Gasteiger partial charge < -0.3 is 19.5 Å².